The van der Waals surface area contributed by atoms with Gasteiger partial charge in [0.25, 0.3) is 0 Å². The number of nitrogens with zero attached hydrogens (tertiary/aromatic N) is 2. The van der Waals surface area contributed by atoms with Gasteiger partial charge in [-0.3, -0.25) is 14.5 Å². The van der Waals surface area contributed by atoms with Gasteiger partial charge in [0.05, 0.1) is 11.8 Å². The van der Waals surface area contributed by atoms with Crippen LogP contribution in [-0.4, -0.2) is 33.7 Å². The van der Waals surface area contributed by atoms with Crippen molar-refractivity contribution in [1.82, 2.24) is 9.88 Å². The molecule has 0 bridgehead atoms. The highest BCUT2D eigenvalue weighted by molar-refractivity contribution is 6.08. The summed E-state index contributed by atoms with van der Waals surface area (Å²) in [5, 5.41) is 0. The monoisotopic (exact) mass is 422 g/mol. The molecule has 162 valence electrons. The number of aromatic nitrogens is 1. The Morgan fingerprint density at radius 2 is 1.77 bits per heavy atom. The van der Waals surface area contributed by atoms with Gasteiger partial charge in [-0.2, -0.15) is 0 Å². The Morgan fingerprint density at radius 3 is 2.39 bits per heavy atom. The number of imide groups is 1. The lowest BCUT2D eigenvalue weighted by Crippen LogP contribution is -2.47. The number of carbonyl (C=O) groups excluding carboxylic acids is 3. The highest BCUT2D eigenvalue weighted by Gasteiger charge is 2.51. The first kappa shape index (κ1) is 21.0. The van der Waals surface area contributed by atoms with Crippen LogP contribution in [0.5, 0.6) is 0 Å². The molecule has 0 spiro atoms. The molecule has 1 saturated heterocycles. The maximum absolute atomic E-state index is 13.0. The molecule has 31 heavy (non-hydrogen) atoms. The van der Waals surface area contributed by atoms with Crippen molar-refractivity contribution in [1.29, 1.82) is 0 Å². The minimum atomic E-state index is -0.925. The third-order valence-electron chi connectivity index (χ3n) is 5.75. The number of benzene rings is 1. The van der Waals surface area contributed by atoms with Crippen molar-refractivity contribution in [2.24, 2.45) is 17.8 Å². The van der Waals surface area contributed by atoms with Gasteiger partial charge >= 0.3 is 5.97 Å². The number of allylic oxidation sites excluding steroid dienone is 2. The maximum atomic E-state index is 13.0. The van der Waals surface area contributed by atoms with E-state index in [1.807, 2.05) is 56.3 Å². The number of hydrogen-bond acceptors (Lipinski definition) is 6. The third-order valence-corrected chi connectivity index (χ3v) is 5.75. The smallest absolute Gasteiger partial charge is 0.329 e. The van der Waals surface area contributed by atoms with Crippen LogP contribution < -0.4 is 0 Å². The van der Waals surface area contributed by atoms with E-state index >= 15 is 0 Å². The summed E-state index contributed by atoms with van der Waals surface area (Å²) in [6.45, 7) is 3.81. The average molecular weight is 422 g/mol. The number of oxazole rings is 1. The number of amides is 2. The van der Waals surface area contributed by atoms with Crippen molar-refractivity contribution in [3.05, 3.63) is 54.4 Å². The number of hydrogen-bond donors (Lipinski definition) is 0. The Labute approximate surface area is 181 Å². The average Bonchev–Trinajstić information content (AvgIpc) is 3.35. The van der Waals surface area contributed by atoms with E-state index in [4.69, 9.17) is 9.15 Å². The Kier molecular flexibility index (Phi) is 6.02. The molecule has 2 heterocycles. The van der Waals surface area contributed by atoms with E-state index in [-0.39, 0.29) is 36.2 Å². The zero-order chi connectivity index (χ0) is 22.0. The molecular formula is C24H26N2O5. The fourth-order valence-electron chi connectivity index (χ4n) is 4.21. The summed E-state index contributed by atoms with van der Waals surface area (Å²) in [5.74, 6) is -1.33. The summed E-state index contributed by atoms with van der Waals surface area (Å²) in [6.07, 6.45) is 6.74. The van der Waals surface area contributed by atoms with Crippen LogP contribution in [0.25, 0.3) is 11.5 Å². The summed E-state index contributed by atoms with van der Waals surface area (Å²) in [4.78, 5) is 44.4. The molecule has 1 aliphatic carbocycles. The topological polar surface area (TPSA) is 89.7 Å². The number of likely N-dealkylation sites (tertiary alicyclic amines) is 1. The lowest BCUT2D eigenvalue weighted by Gasteiger charge is -2.26. The first-order valence-electron chi connectivity index (χ1n) is 10.6. The quantitative estimate of drug-likeness (QED) is 0.384. The molecular weight excluding hydrogens is 396 g/mol. The first-order valence-corrected chi connectivity index (χ1v) is 10.6. The molecule has 0 saturated carbocycles. The second-order valence-corrected chi connectivity index (χ2v) is 8.47. The van der Waals surface area contributed by atoms with Crippen molar-refractivity contribution in [2.45, 2.75) is 45.8 Å². The highest BCUT2D eigenvalue weighted by atomic mass is 16.5. The van der Waals surface area contributed by atoms with Crippen molar-refractivity contribution in [3.8, 4) is 11.5 Å². The van der Waals surface area contributed by atoms with Crippen molar-refractivity contribution in [3.63, 3.8) is 0 Å². The molecule has 1 aromatic carbocycles. The minimum absolute atomic E-state index is 0.0889. The van der Waals surface area contributed by atoms with Crippen LogP contribution in [0.15, 0.2) is 53.2 Å². The second-order valence-electron chi connectivity index (χ2n) is 8.47. The molecule has 1 aliphatic heterocycles. The van der Waals surface area contributed by atoms with E-state index < -0.39 is 12.0 Å². The normalized spacial score (nSPS) is 21.5. The van der Waals surface area contributed by atoms with Gasteiger partial charge in [0.2, 0.25) is 17.7 Å². The summed E-state index contributed by atoms with van der Waals surface area (Å²) >= 11 is 0. The predicted molar refractivity (Wildman–Crippen MR) is 112 cm³/mol. The fourth-order valence-corrected chi connectivity index (χ4v) is 4.21. The van der Waals surface area contributed by atoms with Gasteiger partial charge < -0.3 is 9.15 Å². The number of rotatable bonds is 7. The van der Waals surface area contributed by atoms with E-state index in [0.29, 0.717) is 30.8 Å². The van der Waals surface area contributed by atoms with Gasteiger partial charge in [-0.25, -0.2) is 9.78 Å². The van der Waals surface area contributed by atoms with E-state index in [0.717, 1.165) is 10.5 Å². The van der Waals surface area contributed by atoms with Gasteiger partial charge in [-0.1, -0.05) is 44.2 Å². The van der Waals surface area contributed by atoms with Crippen LogP contribution in [-0.2, 0) is 25.7 Å². The van der Waals surface area contributed by atoms with Gasteiger partial charge in [0, 0.05) is 5.56 Å². The molecule has 4 rings (SSSR count). The van der Waals surface area contributed by atoms with Crippen LogP contribution >= 0.6 is 0 Å². The first-order chi connectivity index (χ1) is 15.0. The summed E-state index contributed by atoms with van der Waals surface area (Å²) in [7, 11) is 0. The Bertz CT molecular complexity index is 968. The van der Waals surface area contributed by atoms with Crippen LogP contribution in [0.4, 0.5) is 0 Å². The largest absolute Gasteiger partial charge is 0.457 e. The molecule has 0 N–H and O–H groups in total. The summed E-state index contributed by atoms with van der Waals surface area (Å²) in [6, 6.07) is 8.49. The van der Waals surface area contributed by atoms with Gasteiger partial charge in [-0.15, -0.1) is 0 Å². The lowest BCUT2D eigenvalue weighted by molar-refractivity contribution is -0.160. The second kappa shape index (κ2) is 8.88. The van der Waals surface area contributed by atoms with Crippen molar-refractivity contribution >= 4 is 17.8 Å². The Balaban J connectivity index is 1.46. The van der Waals surface area contributed by atoms with Crippen LogP contribution in [0, 0.1) is 17.8 Å². The van der Waals surface area contributed by atoms with Gasteiger partial charge in [0.1, 0.15) is 24.6 Å². The molecule has 1 aromatic heterocycles. The molecule has 7 nitrogen and oxygen atoms in total. The number of esters is 1. The van der Waals surface area contributed by atoms with Crippen molar-refractivity contribution in [2.75, 3.05) is 0 Å². The lowest BCUT2D eigenvalue weighted by atomic mass is 9.85. The fraction of sp³-hybridized carbons (Fsp3) is 0.417. The van der Waals surface area contributed by atoms with E-state index in [2.05, 4.69) is 4.98 Å². The predicted octanol–water partition coefficient (Wildman–Crippen LogP) is 3.75. The maximum Gasteiger partial charge on any atom is 0.329 e. The molecule has 7 heteroatoms. The third kappa shape index (κ3) is 4.31. The molecule has 3 atom stereocenters. The van der Waals surface area contributed by atoms with Gasteiger partial charge in [0.15, 0.2) is 0 Å². The van der Waals surface area contributed by atoms with E-state index in [1.54, 1.807) is 0 Å². The molecule has 2 aliphatic rings. The highest BCUT2D eigenvalue weighted by Crippen LogP contribution is 2.37. The summed E-state index contributed by atoms with van der Waals surface area (Å²) in [5.41, 5.74) is 1.29. The summed E-state index contributed by atoms with van der Waals surface area (Å²) < 4.78 is 11.0. The van der Waals surface area contributed by atoms with E-state index in [1.165, 1.54) is 6.26 Å². The zero-order valence-corrected chi connectivity index (χ0v) is 17.7. The number of fused-ring (bicyclic) bond motifs is 1. The van der Waals surface area contributed by atoms with E-state index in [9.17, 15) is 14.4 Å². The Morgan fingerprint density at radius 1 is 1.13 bits per heavy atom. The number of ether oxygens (including phenoxy) is 1. The Hall–Kier alpha value is -3.22. The van der Waals surface area contributed by atoms with Crippen LogP contribution in [0.2, 0.25) is 0 Å². The van der Waals surface area contributed by atoms with Crippen molar-refractivity contribution < 1.29 is 23.5 Å². The molecule has 0 radical (unpaired) electrons. The minimum Gasteiger partial charge on any atom is -0.457 e. The van der Waals surface area contributed by atoms with Crippen LogP contribution in [0.1, 0.15) is 38.8 Å². The molecule has 2 amide bonds. The van der Waals surface area contributed by atoms with Crippen LogP contribution in [0.3, 0.4) is 0 Å². The SMILES string of the molecule is CC(C)C[C@H](C(=O)OCc1coc(-c2ccccc2)n1)N1C(=O)[C@H]2CC=CC[C@@H]2C1=O. The molecule has 2 aromatic rings. The standard InChI is InChI=1S/C24H26N2O5/c1-15(2)12-20(26-22(27)18-10-6-7-11-19(18)23(26)28)24(29)31-14-17-13-30-21(25-17)16-8-4-3-5-9-16/h3-9,13,15,18-20H,10-12,14H2,1-2H3/t18-,19-,20+/m0/s1. The molecule has 1 fully saturated rings. The molecule has 0 unspecified atom stereocenters. The number of carbonyl (C=O) groups is 3. The zero-order valence-electron chi connectivity index (χ0n) is 17.7. The van der Waals surface area contributed by atoms with Gasteiger partial charge in [-0.05, 0) is 37.3 Å².